The van der Waals surface area contributed by atoms with Crippen LogP contribution in [-0.4, -0.2) is 15.9 Å². The second kappa shape index (κ2) is 3.65. The van der Waals surface area contributed by atoms with Crippen molar-refractivity contribution in [3.63, 3.8) is 0 Å². The number of carbonyl (C=O) groups excluding carboxylic acids is 1. The van der Waals surface area contributed by atoms with Crippen LogP contribution in [0, 0.1) is 6.42 Å². The lowest BCUT2D eigenvalue weighted by molar-refractivity contribution is -0.117. The maximum atomic E-state index is 10.3. The number of rotatable bonds is 3. The summed E-state index contributed by atoms with van der Waals surface area (Å²) in [4.78, 5) is 18.1. The minimum absolute atomic E-state index is 0.185. The van der Waals surface area contributed by atoms with E-state index in [1.165, 1.54) is 0 Å². The topological polar surface area (TPSA) is 68.9 Å². The molecule has 1 aromatic heterocycles. The van der Waals surface area contributed by atoms with Gasteiger partial charge in [-0.1, -0.05) is 0 Å². The number of hydrogen-bond acceptors (Lipinski definition) is 3. The number of primary amides is 1. The Balaban J connectivity index is 2.45. The quantitative estimate of drug-likeness (QED) is 0.654. The van der Waals surface area contributed by atoms with Crippen molar-refractivity contribution in [2.24, 2.45) is 5.73 Å². The van der Waals surface area contributed by atoms with E-state index in [0.29, 0.717) is 5.82 Å². The molecule has 1 radical (unpaired) electrons. The normalized spacial score (nSPS) is 9.45. The molecule has 0 aliphatic carbocycles. The fraction of sp³-hybridized carbons (Fsp3) is 0.143. The molecular weight excluding hydrogens is 142 g/mol. The zero-order chi connectivity index (χ0) is 8.10. The fourth-order valence-electron chi connectivity index (χ4n) is 0.608. The van der Waals surface area contributed by atoms with Gasteiger partial charge in [-0.2, -0.15) is 0 Å². The summed E-state index contributed by atoms with van der Waals surface area (Å²) >= 11 is 0. The first-order valence-electron chi connectivity index (χ1n) is 3.17. The highest BCUT2D eigenvalue weighted by Crippen LogP contribution is 1.95. The third-order valence-corrected chi connectivity index (χ3v) is 1.07. The average molecular weight is 150 g/mol. The van der Waals surface area contributed by atoms with Crippen molar-refractivity contribution in [3.8, 4) is 0 Å². The Labute approximate surface area is 64.5 Å². The molecular formula is C7H8N3O. The highest BCUT2D eigenvalue weighted by atomic mass is 16.1. The van der Waals surface area contributed by atoms with E-state index in [9.17, 15) is 4.79 Å². The van der Waals surface area contributed by atoms with Crippen LogP contribution in [0.15, 0.2) is 18.5 Å². The van der Waals surface area contributed by atoms with Crippen LogP contribution in [0.1, 0.15) is 12.2 Å². The van der Waals surface area contributed by atoms with Crippen LogP contribution in [0.25, 0.3) is 0 Å². The van der Waals surface area contributed by atoms with Gasteiger partial charge in [0.05, 0.1) is 0 Å². The van der Waals surface area contributed by atoms with E-state index >= 15 is 0 Å². The molecule has 0 saturated heterocycles. The van der Waals surface area contributed by atoms with Crippen LogP contribution in [0.3, 0.4) is 0 Å². The van der Waals surface area contributed by atoms with Crippen molar-refractivity contribution in [3.05, 3.63) is 30.7 Å². The Hall–Kier alpha value is -1.45. The highest BCUT2D eigenvalue weighted by molar-refractivity contribution is 5.75. The van der Waals surface area contributed by atoms with E-state index in [1.807, 2.05) is 0 Å². The Morgan fingerprint density at radius 3 is 2.73 bits per heavy atom. The van der Waals surface area contributed by atoms with Crippen molar-refractivity contribution >= 4 is 5.91 Å². The summed E-state index contributed by atoms with van der Waals surface area (Å²) in [7, 11) is 0. The maximum absolute atomic E-state index is 10.3. The minimum Gasteiger partial charge on any atom is -0.370 e. The van der Waals surface area contributed by atoms with Gasteiger partial charge in [0.15, 0.2) is 0 Å². The van der Waals surface area contributed by atoms with Gasteiger partial charge < -0.3 is 5.73 Å². The van der Waals surface area contributed by atoms with Gasteiger partial charge in [0.1, 0.15) is 5.82 Å². The molecule has 0 atom stereocenters. The monoisotopic (exact) mass is 150 g/mol. The smallest absolute Gasteiger partial charge is 0.218 e. The van der Waals surface area contributed by atoms with Crippen LogP contribution in [0.4, 0.5) is 0 Å². The lowest BCUT2D eigenvalue weighted by Gasteiger charge is -1.93. The fourth-order valence-corrected chi connectivity index (χ4v) is 0.608. The number of nitrogens with zero attached hydrogens (tertiary/aromatic N) is 2. The highest BCUT2D eigenvalue weighted by Gasteiger charge is 1.98. The molecule has 0 aliphatic rings. The zero-order valence-corrected chi connectivity index (χ0v) is 5.90. The summed E-state index contributed by atoms with van der Waals surface area (Å²) in [5.41, 5.74) is 4.91. The molecule has 0 unspecified atom stereocenters. The van der Waals surface area contributed by atoms with Crippen molar-refractivity contribution in [2.75, 3.05) is 0 Å². The molecule has 0 aromatic carbocycles. The second-order valence-electron chi connectivity index (χ2n) is 1.98. The first-order valence-corrected chi connectivity index (χ1v) is 3.17. The van der Waals surface area contributed by atoms with Crippen molar-refractivity contribution in [2.45, 2.75) is 6.42 Å². The summed E-state index contributed by atoms with van der Waals surface area (Å²) in [5.74, 6) is 0.156. The van der Waals surface area contributed by atoms with Crippen LogP contribution in [0.5, 0.6) is 0 Å². The van der Waals surface area contributed by atoms with E-state index in [1.54, 1.807) is 24.9 Å². The zero-order valence-electron chi connectivity index (χ0n) is 5.90. The summed E-state index contributed by atoms with van der Waals surface area (Å²) in [5, 5.41) is 0. The lowest BCUT2D eigenvalue weighted by Crippen LogP contribution is -2.10. The summed E-state index contributed by atoms with van der Waals surface area (Å²) < 4.78 is 0. The first kappa shape index (κ1) is 7.65. The number of amides is 1. The van der Waals surface area contributed by atoms with Gasteiger partial charge in [0.25, 0.3) is 0 Å². The van der Waals surface area contributed by atoms with Gasteiger partial charge in [-0.3, -0.25) is 4.79 Å². The summed E-state index contributed by atoms with van der Waals surface area (Å²) in [6.07, 6.45) is 4.99. The molecule has 0 spiro atoms. The van der Waals surface area contributed by atoms with Gasteiger partial charge >= 0.3 is 0 Å². The minimum atomic E-state index is -0.377. The molecule has 1 rings (SSSR count). The predicted molar refractivity (Wildman–Crippen MR) is 39.2 cm³/mol. The molecule has 4 heteroatoms. The molecule has 1 aromatic rings. The molecule has 0 fully saturated rings. The van der Waals surface area contributed by atoms with Gasteiger partial charge in [0.2, 0.25) is 5.91 Å². The summed E-state index contributed by atoms with van der Waals surface area (Å²) in [6, 6.07) is 1.71. The van der Waals surface area contributed by atoms with Crippen LogP contribution in [-0.2, 0) is 4.79 Å². The maximum Gasteiger partial charge on any atom is 0.218 e. The molecule has 2 N–H and O–H groups in total. The summed E-state index contributed by atoms with van der Waals surface area (Å²) in [6.45, 7) is 0. The van der Waals surface area contributed by atoms with Gasteiger partial charge in [-0.05, 0) is 6.07 Å². The number of nitrogens with two attached hydrogens (primary N) is 1. The largest absolute Gasteiger partial charge is 0.370 e. The van der Waals surface area contributed by atoms with Crippen LogP contribution in [0.2, 0.25) is 0 Å². The average Bonchev–Trinajstić information content (AvgIpc) is 2.03. The van der Waals surface area contributed by atoms with E-state index in [0.717, 1.165) is 0 Å². The molecule has 0 aliphatic heterocycles. The standard InChI is InChI=1S/C7H8N3O/c8-6(11)2-3-7-9-4-1-5-10-7/h1,3-5H,2H2,(H2,8,11). The molecule has 0 saturated carbocycles. The Kier molecular flexibility index (Phi) is 2.54. The van der Waals surface area contributed by atoms with Crippen molar-refractivity contribution in [1.82, 2.24) is 9.97 Å². The molecule has 4 nitrogen and oxygen atoms in total. The molecule has 0 bridgehead atoms. The lowest BCUT2D eigenvalue weighted by atomic mass is 10.3. The first-order chi connectivity index (χ1) is 5.29. The number of carbonyl (C=O) groups is 1. The molecule has 57 valence electrons. The Morgan fingerprint density at radius 1 is 1.55 bits per heavy atom. The Bertz CT molecular complexity index is 235. The van der Waals surface area contributed by atoms with Gasteiger partial charge in [0, 0.05) is 25.2 Å². The van der Waals surface area contributed by atoms with Gasteiger partial charge in [-0.15, -0.1) is 0 Å². The molecule has 1 heterocycles. The van der Waals surface area contributed by atoms with E-state index in [-0.39, 0.29) is 12.3 Å². The predicted octanol–water partition coefficient (Wildman–Crippen LogP) is -0.0956. The number of hydrogen-bond donors (Lipinski definition) is 1. The Morgan fingerprint density at radius 2 is 2.18 bits per heavy atom. The molecule has 11 heavy (non-hydrogen) atoms. The van der Waals surface area contributed by atoms with Crippen LogP contribution >= 0.6 is 0 Å². The van der Waals surface area contributed by atoms with E-state index < -0.39 is 0 Å². The molecule has 1 amide bonds. The third-order valence-electron chi connectivity index (χ3n) is 1.07. The van der Waals surface area contributed by atoms with Crippen molar-refractivity contribution in [1.29, 1.82) is 0 Å². The number of aromatic nitrogens is 2. The van der Waals surface area contributed by atoms with Gasteiger partial charge in [-0.25, -0.2) is 9.97 Å². The van der Waals surface area contributed by atoms with Crippen molar-refractivity contribution < 1.29 is 4.79 Å². The SMILES string of the molecule is NC(=O)C[CH]c1ncccn1. The third kappa shape index (κ3) is 2.75. The second-order valence-corrected chi connectivity index (χ2v) is 1.98. The van der Waals surface area contributed by atoms with Crippen LogP contribution < -0.4 is 5.73 Å². The van der Waals surface area contributed by atoms with E-state index in [2.05, 4.69) is 9.97 Å². The van der Waals surface area contributed by atoms with E-state index in [4.69, 9.17) is 5.73 Å².